The molecule has 0 aliphatic carbocycles. The lowest BCUT2D eigenvalue weighted by Gasteiger charge is -2.08. The van der Waals surface area contributed by atoms with Crippen LogP contribution < -0.4 is 10.1 Å². The van der Waals surface area contributed by atoms with Crippen LogP contribution in [0, 0.1) is 5.92 Å². The number of thioether (sulfide) groups is 1. The minimum Gasteiger partial charge on any atom is -0.493 e. The number of benzene rings is 1. The molecule has 1 aliphatic rings. The molecule has 1 atom stereocenters. The van der Waals surface area contributed by atoms with E-state index in [4.69, 9.17) is 9.84 Å². The number of hydrogen-bond acceptors (Lipinski definition) is 6. The van der Waals surface area contributed by atoms with Gasteiger partial charge in [0.1, 0.15) is 11.0 Å². The van der Waals surface area contributed by atoms with Gasteiger partial charge in [-0.1, -0.05) is 25.6 Å². The van der Waals surface area contributed by atoms with Crippen molar-refractivity contribution >= 4 is 35.0 Å². The number of carboxylic acid groups (broad SMARTS) is 1. The summed E-state index contributed by atoms with van der Waals surface area (Å²) in [6, 6.07) is 7.41. The molecule has 0 saturated carbocycles. The molecule has 0 aromatic heterocycles. The van der Waals surface area contributed by atoms with E-state index >= 15 is 0 Å². The summed E-state index contributed by atoms with van der Waals surface area (Å²) in [6.07, 6.45) is 1.31. The number of carbonyl (C=O) groups is 2. The van der Waals surface area contributed by atoms with Gasteiger partial charge in [-0.05, 0) is 35.7 Å². The van der Waals surface area contributed by atoms with Gasteiger partial charge in [0, 0.05) is 0 Å². The van der Waals surface area contributed by atoms with Gasteiger partial charge in [-0.15, -0.1) is 5.10 Å². The van der Waals surface area contributed by atoms with Gasteiger partial charge in [-0.3, -0.25) is 9.59 Å². The molecule has 1 aliphatic heterocycles. The number of carboxylic acids is 1. The first-order valence-electron chi connectivity index (χ1n) is 7.47. The Balaban J connectivity index is 1.89. The number of ether oxygens (including phenoxy) is 1. The minimum absolute atomic E-state index is 0.239. The molecule has 1 aromatic rings. The average Bonchev–Trinajstić information content (AvgIpc) is 2.85. The van der Waals surface area contributed by atoms with E-state index in [2.05, 4.69) is 29.4 Å². The fourth-order valence-electron chi connectivity index (χ4n) is 1.81. The van der Waals surface area contributed by atoms with Crippen LogP contribution in [-0.4, -0.2) is 40.2 Å². The SMILES string of the molecule is CC(C)COc1ccc(C=NN=C2NC(=O)C(CC(=O)O)S2)cc1. The first-order valence-corrected chi connectivity index (χ1v) is 8.35. The van der Waals surface area contributed by atoms with Crippen molar-refractivity contribution in [1.82, 2.24) is 5.32 Å². The van der Waals surface area contributed by atoms with Crippen molar-refractivity contribution in [2.75, 3.05) is 6.61 Å². The van der Waals surface area contributed by atoms with Crippen LogP contribution in [0.3, 0.4) is 0 Å². The number of carbonyl (C=O) groups excluding carboxylic acids is 1. The van der Waals surface area contributed by atoms with Crippen molar-refractivity contribution < 1.29 is 19.4 Å². The summed E-state index contributed by atoms with van der Waals surface area (Å²) in [7, 11) is 0. The third kappa shape index (κ3) is 5.69. The van der Waals surface area contributed by atoms with Crippen molar-refractivity contribution in [3.05, 3.63) is 29.8 Å². The Hall–Kier alpha value is -2.35. The highest BCUT2D eigenvalue weighted by Crippen LogP contribution is 2.22. The van der Waals surface area contributed by atoms with Crippen LogP contribution >= 0.6 is 11.8 Å². The predicted molar refractivity (Wildman–Crippen MR) is 93.6 cm³/mol. The highest BCUT2D eigenvalue weighted by atomic mass is 32.2. The topological polar surface area (TPSA) is 100 Å². The van der Waals surface area contributed by atoms with Gasteiger partial charge in [0.05, 0.1) is 19.2 Å². The smallest absolute Gasteiger partial charge is 0.305 e. The molecular formula is C16H19N3O4S. The number of hydrogen-bond donors (Lipinski definition) is 2. The highest BCUT2D eigenvalue weighted by molar-refractivity contribution is 8.15. The molecule has 1 unspecified atom stereocenters. The summed E-state index contributed by atoms with van der Waals surface area (Å²) in [5, 5.41) is 18.7. The first-order chi connectivity index (χ1) is 11.4. The van der Waals surface area contributed by atoms with Gasteiger partial charge in [-0.25, -0.2) is 0 Å². The number of amidine groups is 1. The molecule has 2 N–H and O–H groups in total. The number of nitrogens with one attached hydrogen (secondary N) is 1. The molecule has 128 valence electrons. The van der Waals surface area contributed by atoms with Crippen molar-refractivity contribution in [3.8, 4) is 5.75 Å². The maximum Gasteiger partial charge on any atom is 0.305 e. The second-order valence-corrected chi connectivity index (χ2v) is 6.81. The zero-order chi connectivity index (χ0) is 17.5. The maximum atomic E-state index is 11.6. The van der Waals surface area contributed by atoms with Crippen LogP contribution in [0.15, 0.2) is 34.5 Å². The van der Waals surface area contributed by atoms with Crippen LogP contribution in [0.2, 0.25) is 0 Å². The summed E-state index contributed by atoms with van der Waals surface area (Å²) in [4.78, 5) is 22.2. The number of amides is 1. The van der Waals surface area contributed by atoms with E-state index in [-0.39, 0.29) is 12.3 Å². The van der Waals surface area contributed by atoms with Crippen LogP contribution in [0.1, 0.15) is 25.8 Å². The predicted octanol–water partition coefficient (Wildman–Crippen LogP) is 2.12. The summed E-state index contributed by atoms with van der Waals surface area (Å²) in [5.74, 6) is -0.122. The van der Waals surface area contributed by atoms with Crippen LogP contribution in [0.5, 0.6) is 5.75 Å². The molecule has 1 amide bonds. The lowest BCUT2D eigenvalue weighted by molar-refractivity contribution is -0.138. The van der Waals surface area contributed by atoms with Gasteiger partial charge in [0.15, 0.2) is 5.17 Å². The lowest BCUT2D eigenvalue weighted by atomic mass is 10.2. The molecule has 8 heteroatoms. The van der Waals surface area contributed by atoms with Gasteiger partial charge < -0.3 is 15.2 Å². The largest absolute Gasteiger partial charge is 0.493 e. The monoisotopic (exact) mass is 349 g/mol. The molecule has 0 bridgehead atoms. The van der Waals surface area contributed by atoms with E-state index in [0.717, 1.165) is 23.1 Å². The Morgan fingerprint density at radius 1 is 1.42 bits per heavy atom. The molecule has 1 aromatic carbocycles. The van der Waals surface area contributed by atoms with Crippen LogP contribution in [0.25, 0.3) is 0 Å². The maximum absolute atomic E-state index is 11.6. The normalized spacial score (nSPS) is 19.2. The summed E-state index contributed by atoms with van der Waals surface area (Å²) >= 11 is 1.07. The van der Waals surface area contributed by atoms with Crippen molar-refractivity contribution in [1.29, 1.82) is 0 Å². The molecule has 0 radical (unpaired) electrons. The summed E-state index contributed by atoms with van der Waals surface area (Å²) in [6.45, 7) is 4.83. The summed E-state index contributed by atoms with van der Waals surface area (Å²) in [5.41, 5.74) is 0.840. The number of aliphatic carboxylic acids is 1. The number of rotatable bonds is 7. The second-order valence-electron chi connectivity index (χ2n) is 5.62. The van der Waals surface area contributed by atoms with Crippen LogP contribution in [-0.2, 0) is 9.59 Å². The molecule has 0 spiro atoms. The standard InChI is InChI=1S/C16H19N3O4S/c1-10(2)9-23-12-5-3-11(4-6-12)8-17-19-16-18-15(22)13(24-16)7-14(20)21/h3-6,8,10,13H,7,9H2,1-2H3,(H,20,21)(H,18,19,22). The Morgan fingerprint density at radius 3 is 2.75 bits per heavy atom. The zero-order valence-electron chi connectivity index (χ0n) is 13.4. The van der Waals surface area contributed by atoms with Gasteiger partial charge >= 0.3 is 5.97 Å². The molecule has 1 saturated heterocycles. The molecular weight excluding hydrogens is 330 g/mol. The van der Waals surface area contributed by atoms with Gasteiger partial charge in [0.25, 0.3) is 0 Å². The molecule has 1 fully saturated rings. The first kappa shape index (κ1) is 18.0. The number of nitrogens with zero attached hydrogens (tertiary/aromatic N) is 2. The Kier molecular flexibility index (Phi) is 6.36. The molecule has 1 heterocycles. The Morgan fingerprint density at radius 2 is 2.12 bits per heavy atom. The van der Waals surface area contributed by atoms with E-state index in [1.165, 1.54) is 0 Å². The van der Waals surface area contributed by atoms with E-state index in [9.17, 15) is 9.59 Å². The van der Waals surface area contributed by atoms with E-state index < -0.39 is 11.2 Å². The quantitative estimate of drug-likeness (QED) is 0.580. The fraction of sp³-hybridized carbons (Fsp3) is 0.375. The highest BCUT2D eigenvalue weighted by Gasteiger charge is 2.32. The lowest BCUT2D eigenvalue weighted by Crippen LogP contribution is -2.26. The molecule has 7 nitrogen and oxygen atoms in total. The molecule has 2 rings (SSSR count). The second kappa shape index (κ2) is 8.49. The Labute approximate surface area is 144 Å². The fourth-order valence-corrected chi connectivity index (χ4v) is 2.72. The third-order valence-corrected chi connectivity index (χ3v) is 4.03. The van der Waals surface area contributed by atoms with E-state index in [1.54, 1.807) is 6.21 Å². The van der Waals surface area contributed by atoms with Crippen molar-refractivity contribution in [2.45, 2.75) is 25.5 Å². The zero-order valence-corrected chi connectivity index (χ0v) is 14.2. The van der Waals surface area contributed by atoms with Gasteiger partial charge in [-0.2, -0.15) is 5.10 Å². The van der Waals surface area contributed by atoms with E-state index in [1.807, 2.05) is 24.3 Å². The van der Waals surface area contributed by atoms with E-state index in [0.29, 0.717) is 17.7 Å². The van der Waals surface area contributed by atoms with Crippen molar-refractivity contribution in [2.24, 2.45) is 16.1 Å². The Bertz CT molecular complexity index is 656. The average molecular weight is 349 g/mol. The third-order valence-electron chi connectivity index (χ3n) is 2.96. The summed E-state index contributed by atoms with van der Waals surface area (Å²) < 4.78 is 5.59. The van der Waals surface area contributed by atoms with Crippen LogP contribution in [0.4, 0.5) is 0 Å². The van der Waals surface area contributed by atoms with Crippen molar-refractivity contribution in [3.63, 3.8) is 0 Å². The molecule has 24 heavy (non-hydrogen) atoms. The minimum atomic E-state index is -1.02. The van der Waals surface area contributed by atoms with Gasteiger partial charge in [0.2, 0.25) is 5.91 Å².